The maximum atomic E-state index is 11.8. The highest BCUT2D eigenvalue weighted by atomic mass is 32.1. The summed E-state index contributed by atoms with van der Waals surface area (Å²) in [6, 6.07) is 2.94. The number of thiophene rings is 1. The summed E-state index contributed by atoms with van der Waals surface area (Å²) in [6.45, 7) is 9.58. The average molecular weight is 393 g/mol. The van der Waals surface area contributed by atoms with Crippen LogP contribution in [0.5, 0.6) is 0 Å². The van der Waals surface area contributed by atoms with E-state index in [-0.39, 0.29) is 18.1 Å². The predicted octanol–water partition coefficient (Wildman–Crippen LogP) is 2.67. The Hall–Kier alpha value is -0.950. The Morgan fingerprint density at radius 2 is 2.26 bits per heavy atom. The van der Waals surface area contributed by atoms with E-state index in [0.717, 1.165) is 58.5 Å². The van der Waals surface area contributed by atoms with Gasteiger partial charge in [0.2, 0.25) is 5.91 Å². The molecule has 2 atom stereocenters. The van der Waals surface area contributed by atoms with Crippen LogP contribution in [-0.2, 0) is 32.7 Å². The van der Waals surface area contributed by atoms with Gasteiger partial charge in [-0.2, -0.15) is 0 Å². The van der Waals surface area contributed by atoms with E-state index < -0.39 is 0 Å². The predicted molar refractivity (Wildman–Crippen MR) is 107 cm³/mol. The molecule has 2 fully saturated rings. The monoisotopic (exact) mass is 392 g/mol. The molecule has 27 heavy (non-hydrogen) atoms. The zero-order valence-corrected chi connectivity index (χ0v) is 17.6. The molecule has 2 saturated heterocycles. The molecular formula is C21H32N2O3S. The van der Waals surface area contributed by atoms with E-state index in [1.165, 1.54) is 10.4 Å². The zero-order chi connectivity index (χ0) is 19.0. The van der Waals surface area contributed by atoms with E-state index in [9.17, 15) is 4.79 Å². The molecule has 1 spiro atoms. The molecule has 0 saturated carbocycles. The summed E-state index contributed by atoms with van der Waals surface area (Å²) >= 11 is 1.99. The van der Waals surface area contributed by atoms with Crippen LogP contribution in [0.4, 0.5) is 0 Å². The quantitative estimate of drug-likeness (QED) is 0.773. The van der Waals surface area contributed by atoms with Gasteiger partial charge in [0.25, 0.3) is 0 Å². The Labute approximate surface area is 166 Å². The minimum absolute atomic E-state index is 0.0620. The normalized spacial score (nSPS) is 29.0. The first-order chi connectivity index (χ1) is 13.0. The smallest absolute Gasteiger partial charge is 0.248 e. The lowest BCUT2D eigenvalue weighted by molar-refractivity contribution is -0.143. The molecule has 4 heterocycles. The van der Waals surface area contributed by atoms with Crippen molar-refractivity contribution in [2.45, 2.75) is 51.2 Å². The van der Waals surface area contributed by atoms with E-state index in [4.69, 9.17) is 9.47 Å². The Balaban J connectivity index is 1.36. The second-order valence-electron chi connectivity index (χ2n) is 8.39. The van der Waals surface area contributed by atoms with E-state index in [2.05, 4.69) is 24.8 Å². The number of aryl methyl sites for hydroxylation is 1. The lowest BCUT2D eigenvalue weighted by atomic mass is 9.79. The van der Waals surface area contributed by atoms with Gasteiger partial charge in [0.15, 0.2) is 0 Å². The first-order valence-electron chi connectivity index (χ1n) is 10.3. The minimum atomic E-state index is -0.0620. The molecule has 1 aromatic rings. The van der Waals surface area contributed by atoms with Gasteiger partial charge in [-0.15, -0.1) is 11.3 Å². The van der Waals surface area contributed by atoms with Crippen LogP contribution < -0.4 is 0 Å². The Morgan fingerprint density at radius 3 is 2.96 bits per heavy atom. The molecule has 0 N–H and O–H groups in total. The van der Waals surface area contributed by atoms with E-state index >= 15 is 0 Å². The standard InChI is InChI=1S/C21H32N2O3S/c1-4-17-9-18-19(27-17)5-8-26-21(18)6-7-22(15(2)10-21)11-16-12-23(13-16)20(24)14-25-3/h9,15-16H,4-8,10-14H2,1-3H3/t15-,21+/m0/s1. The van der Waals surface area contributed by atoms with E-state index in [1.54, 1.807) is 12.0 Å². The number of ether oxygens (including phenoxy) is 2. The summed E-state index contributed by atoms with van der Waals surface area (Å²) in [4.78, 5) is 19.4. The van der Waals surface area contributed by atoms with Crippen LogP contribution in [0, 0.1) is 5.92 Å². The number of piperidine rings is 1. The van der Waals surface area contributed by atoms with Crippen molar-refractivity contribution in [1.29, 1.82) is 0 Å². The van der Waals surface area contributed by atoms with Crippen molar-refractivity contribution in [3.8, 4) is 0 Å². The third-order valence-electron chi connectivity index (χ3n) is 6.53. The average Bonchev–Trinajstić information content (AvgIpc) is 3.05. The molecule has 1 amide bonds. The van der Waals surface area contributed by atoms with Gasteiger partial charge in [-0.3, -0.25) is 4.79 Å². The maximum absolute atomic E-state index is 11.8. The SMILES string of the molecule is CCc1cc2c(s1)CCO[C@@]21CCN(CC2CN(C(=O)COC)C2)[C@@H](C)C1. The molecule has 0 radical (unpaired) electrons. The van der Waals surface area contributed by atoms with Crippen molar-refractivity contribution in [2.75, 3.05) is 46.5 Å². The molecule has 0 bridgehead atoms. The Morgan fingerprint density at radius 1 is 1.44 bits per heavy atom. The third kappa shape index (κ3) is 3.69. The molecule has 3 aliphatic heterocycles. The van der Waals surface area contributed by atoms with Gasteiger partial charge in [0.1, 0.15) is 6.61 Å². The van der Waals surface area contributed by atoms with Gasteiger partial charge >= 0.3 is 0 Å². The summed E-state index contributed by atoms with van der Waals surface area (Å²) in [5, 5.41) is 0. The van der Waals surface area contributed by atoms with Crippen LogP contribution in [0.1, 0.15) is 42.0 Å². The molecule has 0 aromatic carbocycles. The Kier molecular flexibility index (Phi) is 5.61. The molecule has 0 aliphatic carbocycles. The van der Waals surface area contributed by atoms with Crippen molar-refractivity contribution in [3.63, 3.8) is 0 Å². The minimum Gasteiger partial charge on any atom is -0.375 e. The molecule has 0 unspecified atom stereocenters. The largest absolute Gasteiger partial charge is 0.375 e. The molecule has 6 heteroatoms. The van der Waals surface area contributed by atoms with Gasteiger partial charge in [-0.05, 0) is 37.8 Å². The number of fused-ring (bicyclic) bond motifs is 2. The van der Waals surface area contributed by atoms with Gasteiger partial charge in [0, 0.05) is 61.4 Å². The van der Waals surface area contributed by atoms with Crippen molar-refractivity contribution < 1.29 is 14.3 Å². The number of rotatable bonds is 5. The molecule has 3 aliphatic rings. The highest BCUT2D eigenvalue weighted by molar-refractivity contribution is 7.12. The lowest BCUT2D eigenvalue weighted by Gasteiger charge is -2.49. The summed E-state index contributed by atoms with van der Waals surface area (Å²) in [7, 11) is 1.58. The van der Waals surface area contributed by atoms with Gasteiger partial charge in [-0.1, -0.05) is 6.92 Å². The lowest BCUT2D eigenvalue weighted by Crippen LogP contribution is -2.58. The number of carbonyl (C=O) groups excluding carboxylic acids is 1. The summed E-state index contributed by atoms with van der Waals surface area (Å²) in [5.41, 5.74) is 1.43. The summed E-state index contributed by atoms with van der Waals surface area (Å²) < 4.78 is 11.4. The van der Waals surface area contributed by atoms with Crippen molar-refractivity contribution in [2.24, 2.45) is 5.92 Å². The summed E-state index contributed by atoms with van der Waals surface area (Å²) in [6.07, 6.45) is 4.37. The molecule has 4 rings (SSSR count). The van der Waals surface area contributed by atoms with Gasteiger partial charge in [0.05, 0.1) is 12.2 Å². The summed E-state index contributed by atoms with van der Waals surface area (Å²) in [5.74, 6) is 0.713. The number of likely N-dealkylation sites (tertiary alicyclic amines) is 2. The van der Waals surface area contributed by atoms with Gasteiger partial charge in [-0.25, -0.2) is 0 Å². The fraction of sp³-hybridized carbons (Fsp3) is 0.762. The zero-order valence-electron chi connectivity index (χ0n) is 16.8. The number of amides is 1. The topological polar surface area (TPSA) is 42.0 Å². The number of hydrogen-bond acceptors (Lipinski definition) is 5. The second-order valence-corrected chi connectivity index (χ2v) is 9.61. The first kappa shape index (κ1) is 19.4. The van der Waals surface area contributed by atoms with Crippen LogP contribution >= 0.6 is 11.3 Å². The molecule has 150 valence electrons. The van der Waals surface area contributed by atoms with Gasteiger partial charge < -0.3 is 19.3 Å². The molecule has 5 nitrogen and oxygen atoms in total. The number of methoxy groups -OCH3 is 1. The van der Waals surface area contributed by atoms with Crippen molar-refractivity contribution in [1.82, 2.24) is 9.80 Å². The first-order valence-corrected chi connectivity index (χ1v) is 11.1. The van der Waals surface area contributed by atoms with Crippen LogP contribution in [0.2, 0.25) is 0 Å². The molecular weight excluding hydrogens is 360 g/mol. The van der Waals surface area contributed by atoms with Crippen molar-refractivity contribution >= 4 is 17.2 Å². The van der Waals surface area contributed by atoms with E-state index in [0.29, 0.717) is 12.0 Å². The van der Waals surface area contributed by atoms with Crippen LogP contribution in [-0.4, -0.2) is 68.3 Å². The van der Waals surface area contributed by atoms with Crippen LogP contribution in [0.25, 0.3) is 0 Å². The highest BCUT2D eigenvalue weighted by Gasteiger charge is 2.45. The van der Waals surface area contributed by atoms with Crippen LogP contribution in [0.3, 0.4) is 0 Å². The highest BCUT2D eigenvalue weighted by Crippen LogP contribution is 2.46. The fourth-order valence-corrected chi connectivity index (χ4v) is 6.16. The number of hydrogen-bond donors (Lipinski definition) is 0. The van der Waals surface area contributed by atoms with Crippen LogP contribution in [0.15, 0.2) is 6.07 Å². The van der Waals surface area contributed by atoms with E-state index in [1.807, 2.05) is 16.2 Å². The third-order valence-corrected chi connectivity index (χ3v) is 7.87. The maximum Gasteiger partial charge on any atom is 0.248 e. The number of carbonyl (C=O) groups is 1. The second kappa shape index (κ2) is 7.82. The van der Waals surface area contributed by atoms with Crippen molar-refractivity contribution in [3.05, 3.63) is 21.4 Å². The number of nitrogens with zero attached hydrogens (tertiary/aromatic N) is 2. The Bertz CT molecular complexity index is 685. The fourth-order valence-electron chi connectivity index (χ4n) is 4.98. The molecule has 1 aromatic heterocycles.